The Morgan fingerprint density at radius 2 is 2.00 bits per heavy atom. The lowest BCUT2D eigenvalue weighted by atomic mass is 9.94. The third-order valence-corrected chi connectivity index (χ3v) is 4.71. The van der Waals surface area contributed by atoms with Crippen LogP contribution in [0.15, 0.2) is 34.9 Å². The molecule has 1 amide bonds. The summed E-state index contributed by atoms with van der Waals surface area (Å²) in [6.07, 6.45) is 6.42. The molecule has 8 heteroatoms. The minimum absolute atomic E-state index is 0. The van der Waals surface area contributed by atoms with Gasteiger partial charge in [0.15, 0.2) is 0 Å². The first-order chi connectivity index (χ1) is 12.6. The Hall–Kier alpha value is -2.12. The lowest BCUT2D eigenvalue weighted by Gasteiger charge is -2.30. The number of amides is 1. The van der Waals surface area contributed by atoms with Gasteiger partial charge in [-0.15, -0.1) is 12.4 Å². The zero-order valence-corrected chi connectivity index (χ0v) is 16.1. The first kappa shape index (κ1) is 21.2. The maximum atomic E-state index is 12.9. The molecule has 27 heavy (non-hydrogen) atoms. The van der Waals surface area contributed by atoms with Gasteiger partial charge in [0.1, 0.15) is 12.4 Å². The van der Waals surface area contributed by atoms with Crippen molar-refractivity contribution < 1.29 is 18.4 Å². The second-order valence-corrected chi connectivity index (χ2v) is 6.61. The number of likely N-dealkylation sites (N-methyl/N-ethyl adjacent to an activating group) is 1. The average molecular weight is 398 g/mol. The molecule has 0 atom stereocenters. The molecule has 0 spiro atoms. The molecule has 1 aliphatic rings. The van der Waals surface area contributed by atoms with Crippen LogP contribution < -0.4 is 10.1 Å². The van der Waals surface area contributed by atoms with Gasteiger partial charge < -0.3 is 19.5 Å². The number of ether oxygens (including phenoxy) is 1. The second kappa shape index (κ2) is 10.3. The number of hydrogen-bond acceptors (Lipinski definition) is 5. The summed E-state index contributed by atoms with van der Waals surface area (Å²) < 4.78 is 23.5. The fourth-order valence-electron chi connectivity index (χ4n) is 3.16. The van der Waals surface area contributed by atoms with Crippen LogP contribution in [0.25, 0.3) is 0 Å². The summed E-state index contributed by atoms with van der Waals surface area (Å²) in [6.45, 7) is 1.28. The predicted molar refractivity (Wildman–Crippen MR) is 103 cm³/mol. The van der Waals surface area contributed by atoms with E-state index in [1.54, 1.807) is 0 Å². The minimum atomic E-state index is -0.460. The molecule has 1 heterocycles. The van der Waals surface area contributed by atoms with Crippen LogP contribution in [0.2, 0.25) is 0 Å². The molecule has 148 valence electrons. The van der Waals surface area contributed by atoms with Crippen LogP contribution in [0.4, 0.5) is 10.1 Å². The maximum absolute atomic E-state index is 12.9. The van der Waals surface area contributed by atoms with Crippen LogP contribution >= 0.6 is 12.4 Å². The molecule has 1 saturated carbocycles. The standard InChI is InChI=1S/C19H24FN3O3.ClH/c1-23(16-5-3-2-4-6-16)11-12-25-18-13-17(26-22-18)19(24)21-15-9-7-14(20)8-10-15;/h7-10,13,16H,2-6,11-12H2,1H3,(H,21,24);1H. The Morgan fingerprint density at radius 3 is 2.70 bits per heavy atom. The van der Waals surface area contributed by atoms with Crippen LogP contribution in [0.5, 0.6) is 5.88 Å². The van der Waals surface area contributed by atoms with Gasteiger partial charge in [0.05, 0.1) is 6.07 Å². The highest BCUT2D eigenvalue weighted by atomic mass is 35.5. The summed E-state index contributed by atoms with van der Waals surface area (Å²) in [5, 5.41) is 6.38. The van der Waals surface area contributed by atoms with Crippen molar-refractivity contribution in [2.24, 2.45) is 0 Å². The minimum Gasteiger partial charge on any atom is -0.474 e. The van der Waals surface area contributed by atoms with Gasteiger partial charge in [0, 0.05) is 18.3 Å². The zero-order valence-electron chi connectivity index (χ0n) is 15.3. The fourth-order valence-corrected chi connectivity index (χ4v) is 3.16. The molecule has 6 nitrogen and oxygen atoms in total. The average Bonchev–Trinajstić information content (AvgIpc) is 3.13. The monoisotopic (exact) mass is 397 g/mol. The molecule has 0 aliphatic heterocycles. The van der Waals surface area contributed by atoms with E-state index in [2.05, 4.69) is 22.4 Å². The van der Waals surface area contributed by atoms with Crippen molar-refractivity contribution in [3.8, 4) is 5.88 Å². The molecule has 2 aromatic rings. The summed E-state index contributed by atoms with van der Waals surface area (Å²) in [6, 6.07) is 7.58. The molecule has 1 aliphatic carbocycles. The third-order valence-electron chi connectivity index (χ3n) is 4.71. The Morgan fingerprint density at radius 1 is 1.30 bits per heavy atom. The highest BCUT2D eigenvalue weighted by molar-refractivity contribution is 6.02. The lowest BCUT2D eigenvalue weighted by Crippen LogP contribution is -2.36. The molecule has 3 rings (SSSR count). The number of carbonyl (C=O) groups excluding carboxylic acids is 1. The summed E-state index contributed by atoms with van der Waals surface area (Å²) in [4.78, 5) is 14.4. The molecule has 1 N–H and O–H groups in total. The van der Waals surface area contributed by atoms with Gasteiger partial charge in [-0.2, -0.15) is 0 Å². The van der Waals surface area contributed by atoms with Crippen LogP contribution in [0.1, 0.15) is 42.7 Å². The van der Waals surface area contributed by atoms with E-state index < -0.39 is 5.91 Å². The van der Waals surface area contributed by atoms with E-state index in [1.165, 1.54) is 62.4 Å². The predicted octanol–water partition coefficient (Wildman–Crippen LogP) is 4.13. The fraction of sp³-hybridized carbons (Fsp3) is 0.474. The van der Waals surface area contributed by atoms with Crippen LogP contribution in [-0.2, 0) is 0 Å². The molecule has 0 radical (unpaired) electrons. The zero-order chi connectivity index (χ0) is 18.4. The van der Waals surface area contributed by atoms with Crippen molar-refractivity contribution in [3.05, 3.63) is 41.9 Å². The summed E-state index contributed by atoms with van der Waals surface area (Å²) >= 11 is 0. The van der Waals surface area contributed by atoms with Gasteiger partial charge in [-0.1, -0.05) is 19.3 Å². The molecular weight excluding hydrogens is 373 g/mol. The Labute approximate surface area is 164 Å². The van der Waals surface area contributed by atoms with E-state index in [4.69, 9.17) is 9.26 Å². The molecule has 1 fully saturated rings. The number of aromatic nitrogens is 1. The number of hydrogen-bond donors (Lipinski definition) is 1. The highest BCUT2D eigenvalue weighted by Crippen LogP contribution is 2.21. The normalized spacial score (nSPS) is 14.6. The smallest absolute Gasteiger partial charge is 0.294 e. The van der Waals surface area contributed by atoms with Gasteiger partial charge in [-0.3, -0.25) is 4.79 Å². The number of rotatable bonds is 7. The van der Waals surface area contributed by atoms with Crippen molar-refractivity contribution in [3.63, 3.8) is 0 Å². The van der Waals surface area contributed by atoms with Crippen LogP contribution in [0, 0.1) is 5.82 Å². The largest absolute Gasteiger partial charge is 0.474 e. The molecular formula is C19H25ClFN3O3. The van der Waals surface area contributed by atoms with Crippen LogP contribution in [0.3, 0.4) is 0 Å². The first-order valence-electron chi connectivity index (χ1n) is 8.98. The Kier molecular flexibility index (Phi) is 8.06. The lowest BCUT2D eigenvalue weighted by molar-refractivity contribution is 0.0987. The van der Waals surface area contributed by atoms with Crippen molar-refractivity contribution in [1.29, 1.82) is 0 Å². The third kappa shape index (κ3) is 6.22. The van der Waals surface area contributed by atoms with Crippen molar-refractivity contribution >= 4 is 24.0 Å². The van der Waals surface area contributed by atoms with E-state index in [1.807, 2.05) is 0 Å². The van der Waals surface area contributed by atoms with Gasteiger partial charge in [-0.05, 0) is 49.3 Å². The number of anilines is 1. The Bertz CT molecular complexity index is 717. The summed E-state index contributed by atoms with van der Waals surface area (Å²) in [5.74, 6) is -0.494. The quantitative estimate of drug-likeness (QED) is 0.760. The van der Waals surface area contributed by atoms with Crippen LogP contribution in [-0.4, -0.2) is 42.2 Å². The summed E-state index contributed by atoms with van der Waals surface area (Å²) in [7, 11) is 2.11. The van der Waals surface area contributed by atoms with Crippen molar-refractivity contribution in [2.75, 3.05) is 25.5 Å². The van der Waals surface area contributed by atoms with E-state index in [0.717, 1.165) is 6.54 Å². The first-order valence-corrected chi connectivity index (χ1v) is 8.98. The molecule has 0 saturated heterocycles. The molecule has 1 aromatic carbocycles. The number of benzene rings is 1. The van der Waals surface area contributed by atoms with Gasteiger partial charge >= 0.3 is 0 Å². The number of nitrogens with zero attached hydrogens (tertiary/aromatic N) is 2. The van der Waals surface area contributed by atoms with Crippen molar-refractivity contribution in [2.45, 2.75) is 38.1 Å². The van der Waals surface area contributed by atoms with E-state index in [9.17, 15) is 9.18 Å². The molecule has 0 bridgehead atoms. The molecule has 1 aromatic heterocycles. The molecule has 0 unspecified atom stereocenters. The summed E-state index contributed by atoms with van der Waals surface area (Å²) in [5.41, 5.74) is 0.476. The van der Waals surface area contributed by atoms with E-state index in [-0.39, 0.29) is 29.9 Å². The van der Waals surface area contributed by atoms with Gasteiger partial charge in [0.2, 0.25) is 5.76 Å². The SMILES string of the molecule is CN(CCOc1cc(C(=O)Nc2ccc(F)cc2)on1)C1CCCCC1.Cl. The second-order valence-electron chi connectivity index (χ2n) is 6.61. The van der Waals surface area contributed by atoms with Gasteiger partial charge in [0.25, 0.3) is 11.8 Å². The van der Waals surface area contributed by atoms with E-state index in [0.29, 0.717) is 18.3 Å². The topological polar surface area (TPSA) is 67.6 Å². The highest BCUT2D eigenvalue weighted by Gasteiger charge is 2.18. The number of carbonyl (C=O) groups is 1. The maximum Gasteiger partial charge on any atom is 0.294 e. The number of nitrogens with one attached hydrogen (secondary N) is 1. The van der Waals surface area contributed by atoms with Gasteiger partial charge in [-0.25, -0.2) is 4.39 Å². The number of halogens is 2. The Balaban J connectivity index is 0.00000261. The van der Waals surface area contributed by atoms with Crippen molar-refractivity contribution in [1.82, 2.24) is 10.1 Å². The van der Waals surface area contributed by atoms with E-state index >= 15 is 0 Å².